The van der Waals surface area contributed by atoms with Crippen LogP contribution in [0.4, 0.5) is 17.5 Å². The summed E-state index contributed by atoms with van der Waals surface area (Å²) in [4.78, 5) is 18.2. The summed E-state index contributed by atoms with van der Waals surface area (Å²) in [6.45, 7) is 5.48. The zero-order valence-electron chi connectivity index (χ0n) is 18.4. The van der Waals surface area contributed by atoms with Crippen LogP contribution in [0.2, 0.25) is 0 Å². The Labute approximate surface area is 196 Å². The van der Waals surface area contributed by atoms with Gasteiger partial charge in [-0.25, -0.2) is 13.4 Å². The first-order chi connectivity index (χ1) is 15.8. The third-order valence-electron chi connectivity index (χ3n) is 5.12. The van der Waals surface area contributed by atoms with Gasteiger partial charge in [0.2, 0.25) is 5.91 Å². The molecule has 1 saturated heterocycles. The van der Waals surface area contributed by atoms with Crippen molar-refractivity contribution in [3.63, 3.8) is 0 Å². The molecule has 0 bridgehead atoms. The molecule has 33 heavy (non-hydrogen) atoms. The number of amides is 1. The molecule has 4 heterocycles. The standard InChI is InChI=1S/C21H25N7O3S2/c1-15-3-5-18(23-13-15)24-19-6-7-20(26-25-19)27-9-11-28(12-10-27)33(30,31)21-8-4-17(32-21)14-22-16(2)29/h3-8,13H,9-12,14H2,1-2H3,(H,22,29)(H,23,24,25). The predicted octanol–water partition coefficient (Wildman–Crippen LogP) is 2.13. The van der Waals surface area contributed by atoms with E-state index in [-0.39, 0.29) is 10.1 Å². The topological polar surface area (TPSA) is 120 Å². The molecule has 0 unspecified atom stereocenters. The lowest BCUT2D eigenvalue weighted by Gasteiger charge is -2.34. The van der Waals surface area contributed by atoms with Crippen LogP contribution < -0.4 is 15.5 Å². The molecule has 0 radical (unpaired) electrons. The van der Waals surface area contributed by atoms with Crippen molar-refractivity contribution in [1.82, 2.24) is 24.8 Å². The molecule has 1 aliphatic rings. The number of thiophene rings is 1. The van der Waals surface area contributed by atoms with Gasteiger partial charge in [0, 0.05) is 44.2 Å². The highest BCUT2D eigenvalue weighted by Gasteiger charge is 2.30. The van der Waals surface area contributed by atoms with Crippen LogP contribution in [0.3, 0.4) is 0 Å². The van der Waals surface area contributed by atoms with Crippen molar-refractivity contribution in [2.24, 2.45) is 0 Å². The van der Waals surface area contributed by atoms with Crippen molar-refractivity contribution in [2.75, 3.05) is 36.4 Å². The molecule has 1 aliphatic heterocycles. The van der Waals surface area contributed by atoms with Crippen LogP contribution in [0.1, 0.15) is 17.4 Å². The van der Waals surface area contributed by atoms with Crippen molar-refractivity contribution in [1.29, 1.82) is 0 Å². The summed E-state index contributed by atoms with van der Waals surface area (Å²) in [5, 5.41) is 14.3. The predicted molar refractivity (Wildman–Crippen MR) is 127 cm³/mol. The number of piperazine rings is 1. The van der Waals surface area contributed by atoms with E-state index < -0.39 is 10.0 Å². The van der Waals surface area contributed by atoms with Crippen LogP contribution in [0.5, 0.6) is 0 Å². The van der Waals surface area contributed by atoms with Gasteiger partial charge in [-0.15, -0.1) is 21.5 Å². The minimum atomic E-state index is -3.57. The largest absolute Gasteiger partial charge is 0.352 e. The van der Waals surface area contributed by atoms with Crippen LogP contribution in [0.25, 0.3) is 0 Å². The van der Waals surface area contributed by atoms with E-state index in [0.717, 1.165) is 10.4 Å². The van der Waals surface area contributed by atoms with E-state index >= 15 is 0 Å². The van der Waals surface area contributed by atoms with E-state index in [1.165, 1.54) is 22.6 Å². The maximum absolute atomic E-state index is 13.0. The number of pyridine rings is 1. The third kappa shape index (κ3) is 5.64. The summed E-state index contributed by atoms with van der Waals surface area (Å²) in [7, 11) is -3.57. The SMILES string of the molecule is CC(=O)NCc1ccc(S(=O)(=O)N2CCN(c3ccc(Nc4ccc(C)cn4)nn3)CC2)s1. The number of hydrogen-bond acceptors (Lipinski definition) is 9. The molecule has 10 nitrogen and oxygen atoms in total. The van der Waals surface area contributed by atoms with Gasteiger partial charge in [0.15, 0.2) is 11.6 Å². The van der Waals surface area contributed by atoms with Gasteiger partial charge in [-0.2, -0.15) is 4.31 Å². The summed E-state index contributed by atoms with van der Waals surface area (Å²) < 4.78 is 27.8. The van der Waals surface area contributed by atoms with Crippen molar-refractivity contribution >= 4 is 44.7 Å². The average molecular weight is 488 g/mol. The van der Waals surface area contributed by atoms with Crippen LogP contribution in [-0.4, -0.2) is 60.0 Å². The molecule has 2 N–H and O–H groups in total. The van der Waals surface area contributed by atoms with Crippen LogP contribution in [0.15, 0.2) is 46.8 Å². The highest BCUT2D eigenvalue weighted by atomic mass is 32.2. The molecule has 0 aromatic carbocycles. The zero-order valence-corrected chi connectivity index (χ0v) is 20.0. The van der Waals surface area contributed by atoms with Gasteiger partial charge in [-0.1, -0.05) is 6.07 Å². The summed E-state index contributed by atoms with van der Waals surface area (Å²) >= 11 is 1.18. The van der Waals surface area contributed by atoms with Crippen LogP contribution >= 0.6 is 11.3 Å². The van der Waals surface area contributed by atoms with E-state index in [0.29, 0.717) is 50.2 Å². The molecule has 4 rings (SSSR count). The lowest BCUT2D eigenvalue weighted by molar-refractivity contribution is -0.119. The summed E-state index contributed by atoms with van der Waals surface area (Å²) in [5.74, 6) is 1.82. The third-order valence-corrected chi connectivity index (χ3v) is 8.57. The van der Waals surface area contributed by atoms with E-state index in [9.17, 15) is 13.2 Å². The average Bonchev–Trinajstić information content (AvgIpc) is 3.30. The molecule has 0 saturated carbocycles. The van der Waals surface area contributed by atoms with Gasteiger partial charge in [-0.3, -0.25) is 4.79 Å². The molecule has 174 valence electrons. The molecule has 1 amide bonds. The zero-order chi connectivity index (χ0) is 23.4. The van der Waals surface area contributed by atoms with E-state index in [4.69, 9.17) is 0 Å². The molecule has 3 aromatic rings. The number of carbonyl (C=O) groups is 1. The second-order valence-electron chi connectivity index (χ2n) is 7.64. The molecule has 0 atom stereocenters. The molecule has 3 aromatic heterocycles. The van der Waals surface area contributed by atoms with Gasteiger partial charge < -0.3 is 15.5 Å². The molecule has 0 spiro atoms. The van der Waals surface area contributed by atoms with E-state index in [1.54, 1.807) is 18.3 Å². The Kier molecular flexibility index (Phi) is 6.86. The first-order valence-electron chi connectivity index (χ1n) is 10.4. The Morgan fingerprint density at radius 3 is 2.42 bits per heavy atom. The first kappa shape index (κ1) is 23.1. The smallest absolute Gasteiger partial charge is 0.252 e. The second-order valence-corrected chi connectivity index (χ2v) is 11.0. The fraction of sp³-hybridized carbons (Fsp3) is 0.333. The Balaban J connectivity index is 1.34. The number of sulfonamides is 1. The van der Waals surface area contributed by atoms with E-state index in [1.807, 2.05) is 36.1 Å². The number of aryl methyl sites for hydroxylation is 1. The molecule has 12 heteroatoms. The van der Waals surface area contributed by atoms with Crippen molar-refractivity contribution in [3.05, 3.63) is 53.0 Å². The number of anilines is 3. The van der Waals surface area contributed by atoms with Gasteiger partial charge in [-0.05, 0) is 42.8 Å². The quantitative estimate of drug-likeness (QED) is 0.520. The number of hydrogen-bond donors (Lipinski definition) is 2. The molecule has 0 aliphatic carbocycles. The van der Waals surface area contributed by atoms with Crippen molar-refractivity contribution < 1.29 is 13.2 Å². The lowest BCUT2D eigenvalue weighted by atomic mass is 10.3. The fourth-order valence-corrected chi connectivity index (χ4v) is 6.19. The molecular formula is C21H25N7O3S2. The Bertz CT molecular complexity index is 1200. The minimum absolute atomic E-state index is 0.150. The second kappa shape index (κ2) is 9.81. The van der Waals surface area contributed by atoms with Crippen LogP contribution in [-0.2, 0) is 21.4 Å². The maximum atomic E-state index is 13.0. The van der Waals surface area contributed by atoms with Gasteiger partial charge in [0.1, 0.15) is 10.0 Å². The summed E-state index contributed by atoms with van der Waals surface area (Å²) in [6.07, 6.45) is 1.78. The van der Waals surface area contributed by atoms with E-state index in [2.05, 4.69) is 25.8 Å². The van der Waals surface area contributed by atoms with Gasteiger partial charge in [0.05, 0.1) is 6.54 Å². The van der Waals surface area contributed by atoms with Gasteiger partial charge in [0.25, 0.3) is 10.0 Å². The minimum Gasteiger partial charge on any atom is -0.352 e. The normalized spacial score (nSPS) is 14.8. The van der Waals surface area contributed by atoms with Crippen molar-refractivity contribution in [2.45, 2.75) is 24.6 Å². The monoisotopic (exact) mass is 487 g/mol. The number of carbonyl (C=O) groups excluding carboxylic acids is 1. The Morgan fingerprint density at radius 2 is 1.79 bits per heavy atom. The first-order valence-corrected chi connectivity index (χ1v) is 12.7. The number of nitrogens with zero attached hydrogens (tertiary/aromatic N) is 5. The highest BCUT2D eigenvalue weighted by Crippen LogP contribution is 2.26. The van der Waals surface area contributed by atoms with Crippen LogP contribution in [0, 0.1) is 6.92 Å². The summed E-state index contributed by atoms with van der Waals surface area (Å²) in [5.41, 5.74) is 1.08. The Hall–Kier alpha value is -3.09. The maximum Gasteiger partial charge on any atom is 0.252 e. The molecule has 1 fully saturated rings. The fourth-order valence-electron chi connectivity index (χ4n) is 3.32. The van der Waals surface area contributed by atoms with Gasteiger partial charge >= 0.3 is 0 Å². The number of nitrogens with one attached hydrogen (secondary N) is 2. The number of aromatic nitrogens is 3. The number of rotatable bonds is 7. The van der Waals surface area contributed by atoms with Crippen molar-refractivity contribution in [3.8, 4) is 0 Å². The summed E-state index contributed by atoms with van der Waals surface area (Å²) in [6, 6.07) is 10.9. The Morgan fingerprint density at radius 1 is 1.03 bits per heavy atom. The highest BCUT2D eigenvalue weighted by molar-refractivity contribution is 7.91. The molecular weight excluding hydrogens is 462 g/mol. The lowest BCUT2D eigenvalue weighted by Crippen LogP contribution is -2.48.